The SMILES string of the molecule is CCOC(=O)C1(c2ccc(OC)c(F)c2)Nc2ccccc2-c2nnnc3[nH]cc1c23. The fourth-order valence-electron chi connectivity index (χ4n) is 4.09. The highest BCUT2D eigenvalue weighted by Gasteiger charge is 2.48. The second kappa shape index (κ2) is 7.05. The van der Waals surface area contributed by atoms with Gasteiger partial charge in [-0.3, -0.25) is 0 Å². The Morgan fingerprint density at radius 2 is 2.03 bits per heavy atom. The lowest BCUT2D eigenvalue weighted by Crippen LogP contribution is -2.45. The molecule has 1 unspecified atom stereocenters. The Hall–Kier alpha value is -4.01. The number of carbonyl (C=O) groups excluding carboxylic acids is 1. The topological polar surface area (TPSA) is 102 Å². The Labute approximate surface area is 176 Å². The number of esters is 1. The molecule has 0 radical (unpaired) electrons. The number of H-pyrrole nitrogens is 1. The van der Waals surface area contributed by atoms with Crippen molar-refractivity contribution in [2.75, 3.05) is 19.0 Å². The number of fused-ring (bicyclic) bond motifs is 2. The van der Waals surface area contributed by atoms with E-state index in [2.05, 4.69) is 25.7 Å². The lowest BCUT2D eigenvalue weighted by atomic mass is 9.82. The van der Waals surface area contributed by atoms with Crippen LogP contribution >= 0.6 is 0 Å². The van der Waals surface area contributed by atoms with Crippen molar-refractivity contribution in [3.05, 3.63) is 65.6 Å². The van der Waals surface area contributed by atoms with E-state index in [0.717, 1.165) is 5.56 Å². The molecule has 0 amide bonds. The van der Waals surface area contributed by atoms with Crippen LogP contribution in [0.4, 0.5) is 10.1 Å². The second-order valence-corrected chi connectivity index (χ2v) is 7.05. The summed E-state index contributed by atoms with van der Waals surface area (Å²) >= 11 is 0. The number of methoxy groups -OCH3 is 1. The third-order valence-corrected chi connectivity index (χ3v) is 5.46. The molecule has 2 aromatic heterocycles. The Kier molecular flexibility index (Phi) is 4.32. The standard InChI is InChI=1S/C22H18FN5O3/c1-3-31-21(29)22(12-8-9-17(30-2)15(23)10-12)14-11-24-20-18(14)19(26-28-27-20)13-6-4-5-7-16(13)25-22/h4-11,25H,3H2,1-2H3,(H,24,26,27). The van der Waals surface area contributed by atoms with Gasteiger partial charge in [0.15, 0.2) is 22.8 Å². The van der Waals surface area contributed by atoms with Crippen molar-refractivity contribution < 1.29 is 18.7 Å². The molecule has 2 N–H and O–H groups in total. The Balaban J connectivity index is 1.91. The average molecular weight is 419 g/mol. The van der Waals surface area contributed by atoms with E-state index in [1.54, 1.807) is 19.2 Å². The molecular formula is C22H18FN5O3. The van der Waals surface area contributed by atoms with Gasteiger partial charge in [-0.05, 0) is 35.9 Å². The smallest absolute Gasteiger partial charge is 0.341 e. The van der Waals surface area contributed by atoms with Crippen LogP contribution in [0.1, 0.15) is 18.1 Å². The molecule has 3 heterocycles. The average Bonchev–Trinajstić information content (AvgIpc) is 3.17. The molecule has 0 bridgehead atoms. The number of carbonyl (C=O) groups is 1. The van der Waals surface area contributed by atoms with Gasteiger partial charge < -0.3 is 19.8 Å². The van der Waals surface area contributed by atoms with Crippen LogP contribution in [0.5, 0.6) is 5.75 Å². The molecule has 156 valence electrons. The molecule has 1 aliphatic heterocycles. The highest BCUT2D eigenvalue weighted by atomic mass is 19.1. The number of anilines is 1. The molecule has 1 atom stereocenters. The van der Waals surface area contributed by atoms with E-state index in [1.165, 1.54) is 19.2 Å². The first-order valence-electron chi connectivity index (χ1n) is 9.70. The Bertz CT molecular complexity index is 1320. The molecule has 5 rings (SSSR count). The summed E-state index contributed by atoms with van der Waals surface area (Å²) < 4.78 is 25.3. The maximum atomic E-state index is 14.8. The third kappa shape index (κ3) is 2.66. The molecule has 9 heteroatoms. The first-order chi connectivity index (χ1) is 15.1. The summed E-state index contributed by atoms with van der Waals surface area (Å²) in [5, 5.41) is 16.1. The molecule has 0 saturated carbocycles. The number of halogens is 1. The summed E-state index contributed by atoms with van der Waals surface area (Å²) in [5.41, 5.74) is 1.69. The number of ether oxygens (including phenoxy) is 2. The minimum atomic E-state index is -1.56. The van der Waals surface area contributed by atoms with Crippen LogP contribution < -0.4 is 10.1 Å². The minimum Gasteiger partial charge on any atom is -0.494 e. The molecule has 8 nitrogen and oxygen atoms in total. The van der Waals surface area contributed by atoms with Gasteiger partial charge in [-0.2, -0.15) is 0 Å². The summed E-state index contributed by atoms with van der Waals surface area (Å²) in [6.45, 7) is 1.87. The fraction of sp³-hybridized carbons (Fsp3) is 0.182. The van der Waals surface area contributed by atoms with Gasteiger partial charge in [-0.25, -0.2) is 9.18 Å². The molecule has 0 fully saturated rings. The third-order valence-electron chi connectivity index (χ3n) is 5.46. The number of hydrogen-bond donors (Lipinski definition) is 2. The van der Waals surface area contributed by atoms with Gasteiger partial charge in [0.25, 0.3) is 0 Å². The zero-order valence-electron chi connectivity index (χ0n) is 16.8. The lowest BCUT2D eigenvalue weighted by Gasteiger charge is -2.33. The molecular weight excluding hydrogens is 401 g/mol. The van der Waals surface area contributed by atoms with Gasteiger partial charge in [-0.1, -0.05) is 24.3 Å². The van der Waals surface area contributed by atoms with Gasteiger partial charge in [0.05, 0.1) is 19.1 Å². The van der Waals surface area contributed by atoms with Crippen molar-refractivity contribution in [1.29, 1.82) is 0 Å². The number of benzene rings is 2. The summed E-state index contributed by atoms with van der Waals surface area (Å²) in [5.74, 6) is -1.11. The zero-order valence-corrected chi connectivity index (χ0v) is 16.8. The monoisotopic (exact) mass is 419 g/mol. The van der Waals surface area contributed by atoms with E-state index in [1.807, 2.05) is 24.3 Å². The molecule has 31 heavy (non-hydrogen) atoms. The number of hydrogen-bond acceptors (Lipinski definition) is 7. The quantitative estimate of drug-likeness (QED) is 0.489. The molecule has 0 aliphatic carbocycles. The van der Waals surface area contributed by atoms with Crippen molar-refractivity contribution in [3.8, 4) is 17.0 Å². The summed E-state index contributed by atoms with van der Waals surface area (Å²) in [6, 6.07) is 11.8. The molecule has 0 spiro atoms. The lowest BCUT2D eigenvalue weighted by molar-refractivity contribution is -0.147. The van der Waals surface area contributed by atoms with Gasteiger partial charge in [0.2, 0.25) is 0 Å². The number of para-hydroxylation sites is 1. The van der Waals surface area contributed by atoms with Gasteiger partial charge >= 0.3 is 5.97 Å². The molecule has 4 aromatic rings. The van der Waals surface area contributed by atoms with Crippen molar-refractivity contribution in [2.45, 2.75) is 12.5 Å². The molecule has 1 aliphatic rings. The Morgan fingerprint density at radius 1 is 1.19 bits per heavy atom. The van der Waals surface area contributed by atoms with E-state index in [4.69, 9.17) is 9.47 Å². The van der Waals surface area contributed by atoms with E-state index in [-0.39, 0.29) is 12.4 Å². The second-order valence-electron chi connectivity index (χ2n) is 7.05. The van der Waals surface area contributed by atoms with Crippen LogP contribution in [0, 0.1) is 5.82 Å². The first-order valence-corrected chi connectivity index (χ1v) is 9.70. The van der Waals surface area contributed by atoms with Crippen LogP contribution in [0.2, 0.25) is 0 Å². The highest BCUT2D eigenvalue weighted by Crippen LogP contribution is 2.46. The van der Waals surface area contributed by atoms with Gasteiger partial charge in [0.1, 0.15) is 5.69 Å². The zero-order chi connectivity index (χ0) is 21.6. The maximum Gasteiger partial charge on any atom is 0.341 e. The van der Waals surface area contributed by atoms with Gasteiger partial charge in [-0.15, -0.1) is 10.2 Å². The number of nitrogens with one attached hydrogen (secondary N) is 2. The van der Waals surface area contributed by atoms with Gasteiger partial charge in [0, 0.05) is 23.0 Å². The van der Waals surface area contributed by atoms with E-state index < -0.39 is 17.3 Å². The maximum absolute atomic E-state index is 14.8. The number of rotatable bonds is 4. The summed E-state index contributed by atoms with van der Waals surface area (Å²) in [6.07, 6.45) is 1.66. The summed E-state index contributed by atoms with van der Waals surface area (Å²) in [4.78, 5) is 16.6. The van der Waals surface area contributed by atoms with Crippen molar-refractivity contribution in [1.82, 2.24) is 20.4 Å². The van der Waals surface area contributed by atoms with E-state index in [0.29, 0.717) is 33.5 Å². The largest absolute Gasteiger partial charge is 0.494 e. The van der Waals surface area contributed by atoms with Crippen LogP contribution in [-0.2, 0) is 15.1 Å². The van der Waals surface area contributed by atoms with E-state index in [9.17, 15) is 9.18 Å². The summed E-state index contributed by atoms with van der Waals surface area (Å²) in [7, 11) is 1.38. The number of aromatic amines is 1. The number of nitrogens with zero attached hydrogens (tertiary/aromatic N) is 3. The predicted octanol–water partition coefficient (Wildman–Crippen LogP) is 3.40. The number of aromatic nitrogens is 4. The molecule has 0 saturated heterocycles. The van der Waals surface area contributed by atoms with Crippen molar-refractivity contribution >= 4 is 22.7 Å². The fourth-order valence-corrected chi connectivity index (χ4v) is 4.09. The highest BCUT2D eigenvalue weighted by molar-refractivity contribution is 6.05. The first kappa shape index (κ1) is 19.0. The van der Waals surface area contributed by atoms with Crippen LogP contribution in [0.15, 0.2) is 48.7 Å². The molecule has 2 aromatic carbocycles. The predicted molar refractivity (Wildman–Crippen MR) is 111 cm³/mol. The Morgan fingerprint density at radius 3 is 2.81 bits per heavy atom. The minimum absolute atomic E-state index is 0.0731. The van der Waals surface area contributed by atoms with Crippen LogP contribution in [-0.4, -0.2) is 40.1 Å². The normalized spacial score (nSPS) is 16.9. The van der Waals surface area contributed by atoms with Crippen LogP contribution in [0.25, 0.3) is 22.3 Å². The van der Waals surface area contributed by atoms with Crippen molar-refractivity contribution in [3.63, 3.8) is 0 Å². The van der Waals surface area contributed by atoms with Crippen LogP contribution in [0.3, 0.4) is 0 Å². The van der Waals surface area contributed by atoms with E-state index >= 15 is 0 Å². The van der Waals surface area contributed by atoms with Crippen molar-refractivity contribution in [2.24, 2.45) is 0 Å².